The summed E-state index contributed by atoms with van der Waals surface area (Å²) in [6, 6.07) is 0. The molecule has 1 N–H and O–H groups in total. The molecule has 0 fully saturated rings. The fourth-order valence-corrected chi connectivity index (χ4v) is 5.05. The third-order valence-corrected chi connectivity index (χ3v) is 7.91. The van der Waals surface area contributed by atoms with Crippen LogP contribution in [0.25, 0.3) is 0 Å². The fourth-order valence-electron chi connectivity index (χ4n) is 5.05. The van der Waals surface area contributed by atoms with E-state index in [4.69, 9.17) is 9.47 Å². The molecular formula is C39H70O5. The van der Waals surface area contributed by atoms with Crippen LogP contribution in [0.2, 0.25) is 0 Å². The molecule has 0 spiro atoms. The molecule has 5 heteroatoms. The van der Waals surface area contributed by atoms with E-state index in [0.29, 0.717) is 12.8 Å². The first kappa shape index (κ1) is 42.1. The van der Waals surface area contributed by atoms with Crippen molar-refractivity contribution >= 4 is 11.9 Å². The zero-order valence-corrected chi connectivity index (χ0v) is 28.9. The summed E-state index contributed by atoms with van der Waals surface area (Å²) in [5.41, 5.74) is 0. The van der Waals surface area contributed by atoms with Crippen LogP contribution in [-0.2, 0) is 19.1 Å². The first-order valence-corrected chi connectivity index (χ1v) is 18.5. The fraction of sp³-hybridized carbons (Fsp3) is 0.795. The van der Waals surface area contributed by atoms with Crippen molar-refractivity contribution in [3.05, 3.63) is 36.5 Å². The predicted molar refractivity (Wildman–Crippen MR) is 187 cm³/mol. The number of ether oxygens (including phenoxy) is 2. The zero-order chi connectivity index (χ0) is 32.2. The molecule has 0 radical (unpaired) electrons. The van der Waals surface area contributed by atoms with E-state index in [1.54, 1.807) is 0 Å². The van der Waals surface area contributed by atoms with E-state index in [1.807, 2.05) is 0 Å². The second kappa shape index (κ2) is 35.6. The van der Waals surface area contributed by atoms with E-state index < -0.39 is 6.10 Å². The summed E-state index contributed by atoms with van der Waals surface area (Å²) < 4.78 is 10.6. The molecule has 0 aromatic heterocycles. The van der Waals surface area contributed by atoms with Gasteiger partial charge in [-0.25, -0.2) is 0 Å². The minimum absolute atomic E-state index is 0.0740. The number of unbranched alkanes of at least 4 members (excludes halogenated alkanes) is 19. The maximum Gasteiger partial charge on any atom is 0.306 e. The molecule has 0 saturated carbocycles. The number of hydrogen-bond donors (Lipinski definition) is 1. The van der Waals surface area contributed by atoms with Gasteiger partial charge in [-0.1, -0.05) is 134 Å². The van der Waals surface area contributed by atoms with Crippen molar-refractivity contribution < 1.29 is 24.2 Å². The lowest BCUT2D eigenvalue weighted by atomic mass is 10.1. The van der Waals surface area contributed by atoms with Gasteiger partial charge in [0.2, 0.25) is 0 Å². The Morgan fingerprint density at radius 3 is 1.41 bits per heavy atom. The maximum atomic E-state index is 12.1. The van der Waals surface area contributed by atoms with Crippen LogP contribution in [-0.4, -0.2) is 36.4 Å². The second-order valence-corrected chi connectivity index (χ2v) is 12.3. The highest BCUT2D eigenvalue weighted by Crippen LogP contribution is 2.12. The van der Waals surface area contributed by atoms with Gasteiger partial charge >= 0.3 is 11.9 Å². The molecule has 0 saturated heterocycles. The SMILES string of the molecule is CCCCC/C=C/C/C=C/CCCCCCCC(=O)OC[C@H](CO)OC(=O)CCCCCCCCC/C=C/CCCCCC. The summed E-state index contributed by atoms with van der Waals surface area (Å²) in [4.78, 5) is 24.2. The van der Waals surface area contributed by atoms with Gasteiger partial charge in [0.1, 0.15) is 6.61 Å². The van der Waals surface area contributed by atoms with Crippen molar-refractivity contribution in [1.82, 2.24) is 0 Å². The van der Waals surface area contributed by atoms with Crippen molar-refractivity contribution in [2.45, 2.75) is 187 Å². The molecular weight excluding hydrogens is 548 g/mol. The molecule has 0 aliphatic carbocycles. The van der Waals surface area contributed by atoms with Gasteiger partial charge in [0.15, 0.2) is 6.10 Å². The number of hydrogen-bond acceptors (Lipinski definition) is 5. The molecule has 0 aromatic rings. The highest BCUT2D eigenvalue weighted by Gasteiger charge is 2.16. The number of allylic oxidation sites excluding steroid dienone is 6. The van der Waals surface area contributed by atoms with E-state index in [2.05, 4.69) is 50.3 Å². The quantitative estimate of drug-likeness (QED) is 0.0450. The van der Waals surface area contributed by atoms with Crippen LogP contribution in [0.4, 0.5) is 0 Å². The first-order chi connectivity index (χ1) is 21.6. The van der Waals surface area contributed by atoms with Gasteiger partial charge in [0.05, 0.1) is 6.61 Å². The molecule has 0 aliphatic rings. The summed E-state index contributed by atoms with van der Waals surface area (Å²) in [5, 5.41) is 9.53. The number of aliphatic hydroxyl groups is 1. The molecule has 0 bridgehead atoms. The molecule has 44 heavy (non-hydrogen) atoms. The van der Waals surface area contributed by atoms with Gasteiger partial charge in [0.25, 0.3) is 0 Å². The van der Waals surface area contributed by atoms with Crippen LogP contribution >= 0.6 is 0 Å². The number of carbonyl (C=O) groups is 2. The Bertz CT molecular complexity index is 711. The largest absolute Gasteiger partial charge is 0.462 e. The van der Waals surface area contributed by atoms with E-state index >= 15 is 0 Å². The maximum absolute atomic E-state index is 12.1. The Kier molecular flexibility index (Phi) is 34.1. The summed E-state index contributed by atoms with van der Waals surface area (Å²) in [6.07, 6.45) is 41.9. The minimum atomic E-state index is -0.776. The monoisotopic (exact) mass is 619 g/mol. The molecule has 0 heterocycles. The van der Waals surface area contributed by atoms with Crippen molar-refractivity contribution in [2.24, 2.45) is 0 Å². The Balaban J connectivity index is 3.60. The standard InChI is InChI=1S/C39H70O5/c1-3-5-7-9-11-13-15-17-19-21-23-25-27-29-31-33-38(41)43-36-37(35-40)44-39(42)34-32-30-28-26-24-22-20-18-16-14-12-10-8-6-4-2/h11,13-14,16-17,19,37,40H,3-10,12,15,18,20-36H2,1-2H3/b13-11+,16-14+,19-17+/t37-/m0/s1. The van der Waals surface area contributed by atoms with E-state index in [9.17, 15) is 14.7 Å². The number of esters is 2. The lowest BCUT2D eigenvalue weighted by Crippen LogP contribution is -2.28. The van der Waals surface area contributed by atoms with Gasteiger partial charge in [-0.05, 0) is 70.6 Å². The summed E-state index contributed by atoms with van der Waals surface area (Å²) in [5.74, 6) is -0.612. The predicted octanol–water partition coefficient (Wildman–Crippen LogP) is 11.3. The Labute approximate surface area is 272 Å². The van der Waals surface area contributed by atoms with Gasteiger partial charge in [-0.2, -0.15) is 0 Å². The number of rotatable bonds is 33. The van der Waals surface area contributed by atoms with Gasteiger partial charge in [-0.15, -0.1) is 0 Å². The van der Waals surface area contributed by atoms with E-state index in [-0.39, 0.29) is 25.2 Å². The van der Waals surface area contributed by atoms with Crippen LogP contribution in [0.15, 0.2) is 36.5 Å². The van der Waals surface area contributed by atoms with Gasteiger partial charge in [-0.3, -0.25) is 9.59 Å². The highest BCUT2D eigenvalue weighted by molar-refractivity contribution is 5.70. The lowest BCUT2D eigenvalue weighted by molar-refractivity contribution is -0.161. The summed E-state index contributed by atoms with van der Waals surface area (Å²) in [7, 11) is 0. The normalized spacial score (nSPS) is 12.5. The van der Waals surface area contributed by atoms with Crippen molar-refractivity contribution in [3.63, 3.8) is 0 Å². The van der Waals surface area contributed by atoms with Crippen LogP contribution < -0.4 is 0 Å². The van der Waals surface area contributed by atoms with Crippen LogP contribution in [0.1, 0.15) is 181 Å². The van der Waals surface area contributed by atoms with Crippen molar-refractivity contribution in [3.8, 4) is 0 Å². The Morgan fingerprint density at radius 2 is 0.909 bits per heavy atom. The average Bonchev–Trinajstić information content (AvgIpc) is 3.02. The topological polar surface area (TPSA) is 72.8 Å². The molecule has 0 aliphatic heterocycles. The summed E-state index contributed by atoms with van der Waals surface area (Å²) in [6.45, 7) is 4.07. The zero-order valence-electron chi connectivity index (χ0n) is 28.9. The molecule has 0 amide bonds. The van der Waals surface area contributed by atoms with Crippen molar-refractivity contribution in [1.29, 1.82) is 0 Å². The van der Waals surface area contributed by atoms with Gasteiger partial charge in [0, 0.05) is 12.8 Å². The van der Waals surface area contributed by atoms with Crippen LogP contribution in [0, 0.1) is 0 Å². The Morgan fingerprint density at radius 1 is 0.523 bits per heavy atom. The third-order valence-electron chi connectivity index (χ3n) is 7.91. The Hall–Kier alpha value is -1.88. The number of aliphatic hydroxyl groups excluding tert-OH is 1. The van der Waals surface area contributed by atoms with E-state index in [0.717, 1.165) is 51.4 Å². The van der Waals surface area contributed by atoms with Crippen molar-refractivity contribution in [2.75, 3.05) is 13.2 Å². The summed E-state index contributed by atoms with van der Waals surface area (Å²) >= 11 is 0. The molecule has 5 nitrogen and oxygen atoms in total. The molecule has 1 atom stereocenters. The lowest BCUT2D eigenvalue weighted by Gasteiger charge is -2.15. The van der Waals surface area contributed by atoms with Crippen LogP contribution in [0.5, 0.6) is 0 Å². The minimum Gasteiger partial charge on any atom is -0.462 e. The highest BCUT2D eigenvalue weighted by atomic mass is 16.6. The van der Waals surface area contributed by atoms with E-state index in [1.165, 1.54) is 103 Å². The first-order valence-electron chi connectivity index (χ1n) is 18.5. The molecule has 0 unspecified atom stereocenters. The molecule has 0 rings (SSSR count). The molecule has 0 aromatic carbocycles. The number of carbonyl (C=O) groups excluding carboxylic acids is 2. The van der Waals surface area contributed by atoms with Gasteiger partial charge < -0.3 is 14.6 Å². The smallest absolute Gasteiger partial charge is 0.306 e. The third kappa shape index (κ3) is 33.0. The van der Waals surface area contributed by atoms with Crippen LogP contribution in [0.3, 0.4) is 0 Å². The molecule has 256 valence electrons. The second-order valence-electron chi connectivity index (χ2n) is 12.3. The average molecular weight is 619 g/mol.